The fourth-order valence-electron chi connectivity index (χ4n) is 5.04. The quantitative estimate of drug-likeness (QED) is 0.251. The highest BCUT2D eigenvalue weighted by molar-refractivity contribution is 6.09. The van der Waals surface area contributed by atoms with Crippen molar-refractivity contribution in [3.05, 3.63) is 83.9 Å². The van der Waals surface area contributed by atoms with Gasteiger partial charge in [0.05, 0.1) is 0 Å². The Hall–Kier alpha value is -3.52. The predicted octanol–water partition coefficient (Wildman–Crippen LogP) is 9.75. The van der Waals surface area contributed by atoms with Crippen molar-refractivity contribution in [3.8, 4) is 11.1 Å². The molecule has 0 spiro atoms. The van der Waals surface area contributed by atoms with Gasteiger partial charge in [-0.1, -0.05) is 71.9 Å². The van der Waals surface area contributed by atoms with Gasteiger partial charge in [-0.15, -0.1) is 0 Å². The van der Waals surface area contributed by atoms with Gasteiger partial charge in [0.25, 0.3) is 0 Å². The molecule has 170 valence electrons. The Morgan fingerprint density at radius 1 is 0.500 bits per heavy atom. The minimum atomic E-state index is -0.0201. The smallest absolute Gasteiger partial charge is 0.136 e. The molecule has 0 atom stereocenters. The van der Waals surface area contributed by atoms with Crippen LogP contribution in [0, 0.1) is 0 Å². The van der Waals surface area contributed by atoms with E-state index < -0.39 is 0 Å². The van der Waals surface area contributed by atoms with Crippen molar-refractivity contribution in [1.82, 2.24) is 0 Å². The van der Waals surface area contributed by atoms with Gasteiger partial charge in [0, 0.05) is 21.5 Å². The van der Waals surface area contributed by atoms with Crippen LogP contribution in [-0.2, 0) is 10.8 Å². The van der Waals surface area contributed by atoms with Crippen LogP contribution in [0.15, 0.2) is 81.6 Å². The molecule has 0 fully saturated rings. The van der Waals surface area contributed by atoms with Crippen molar-refractivity contribution in [2.45, 2.75) is 52.4 Å². The molecule has 6 aromatic rings. The Morgan fingerprint density at radius 3 is 1.97 bits per heavy atom. The van der Waals surface area contributed by atoms with Gasteiger partial charge in [0.2, 0.25) is 0 Å². The van der Waals surface area contributed by atoms with E-state index in [2.05, 4.69) is 102 Å². The molecule has 0 saturated carbocycles. The van der Waals surface area contributed by atoms with Crippen LogP contribution in [0.2, 0.25) is 0 Å². The van der Waals surface area contributed by atoms with Crippen LogP contribution in [-0.4, -0.2) is 0 Å². The first-order valence-corrected chi connectivity index (χ1v) is 12.0. The number of furan rings is 2. The summed E-state index contributed by atoms with van der Waals surface area (Å²) in [5.74, 6) is 0. The minimum Gasteiger partial charge on any atom is -0.456 e. The summed E-state index contributed by atoms with van der Waals surface area (Å²) in [4.78, 5) is 0. The molecule has 0 amide bonds. The van der Waals surface area contributed by atoms with E-state index in [1.807, 2.05) is 12.1 Å². The Kier molecular flexibility index (Phi) is 4.33. The highest BCUT2D eigenvalue weighted by atomic mass is 16.3. The van der Waals surface area contributed by atoms with E-state index in [-0.39, 0.29) is 10.8 Å². The summed E-state index contributed by atoms with van der Waals surface area (Å²) in [6, 6.07) is 25.9. The molecule has 2 nitrogen and oxygen atoms in total. The molecule has 2 heterocycles. The summed E-state index contributed by atoms with van der Waals surface area (Å²) in [5.41, 5.74) is 8.69. The number of hydrogen-bond donors (Lipinski definition) is 0. The second-order valence-corrected chi connectivity index (χ2v) is 11.5. The van der Waals surface area contributed by atoms with E-state index in [1.165, 1.54) is 27.3 Å². The zero-order chi connectivity index (χ0) is 23.8. The third-order valence-corrected chi connectivity index (χ3v) is 6.96. The number of para-hydroxylation sites is 1. The molecule has 0 bridgehead atoms. The molecule has 0 saturated heterocycles. The van der Waals surface area contributed by atoms with Gasteiger partial charge in [-0.25, -0.2) is 0 Å². The SMILES string of the molecule is CC(C)(C)c1ccc2oc3cc(-c4cc(C(C)(C)C)c5c(c4)oc4ccccc45)ccc3c2c1. The third-order valence-electron chi connectivity index (χ3n) is 6.96. The van der Waals surface area contributed by atoms with Crippen molar-refractivity contribution >= 4 is 43.9 Å². The predicted molar refractivity (Wildman–Crippen MR) is 144 cm³/mol. The van der Waals surface area contributed by atoms with Crippen molar-refractivity contribution in [2.75, 3.05) is 0 Å². The lowest BCUT2D eigenvalue weighted by Gasteiger charge is -2.21. The highest BCUT2D eigenvalue weighted by Gasteiger charge is 2.23. The summed E-state index contributed by atoms with van der Waals surface area (Å²) >= 11 is 0. The van der Waals surface area contributed by atoms with Gasteiger partial charge in [0.1, 0.15) is 22.3 Å². The van der Waals surface area contributed by atoms with Crippen molar-refractivity contribution in [2.24, 2.45) is 0 Å². The largest absolute Gasteiger partial charge is 0.456 e. The normalized spacial score (nSPS) is 13.0. The average Bonchev–Trinajstić information content (AvgIpc) is 3.34. The molecule has 2 aromatic heterocycles. The third kappa shape index (κ3) is 3.24. The van der Waals surface area contributed by atoms with Gasteiger partial charge in [0.15, 0.2) is 0 Å². The molecule has 4 aromatic carbocycles. The van der Waals surface area contributed by atoms with E-state index in [0.29, 0.717) is 0 Å². The number of hydrogen-bond acceptors (Lipinski definition) is 2. The molecule has 0 aliphatic carbocycles. The number of rotatable bonds is 1. The molecular formula is C32H30O2. The zero-order valence-electron chi connectivity index (χ0n) is 20.7. The van der Waals surface area contributed by atoms with Gasteiger partial charge >= 0.3 is 0 Å². The Bertz CT molecular complexity index is 1710. The van der Waals surface area contributed by atoms with E-state index in [9.17, 15) is 0 Å². The van der Waals surface area contributed by atoms with Gasteiger partial charge in [-0.05, 0) is 75.5 Å². The summed E-state index contributed by atoms with van der Waals surface area (Å²) in [7, 11) is 0. The lowest BCUT2D eigenvalue weighted by Crippen LogP contribution is -2.11. The molecular weight excluding hydrogens is 416 g/mol. The van der Waals surface area contributed by atoms with Crippen molar-refractivity contribution in [3.63, 3.8) is 0 Å². The lowest BCUT2D eigenvalue weighted by atomic mass is 9.82. The van der Waals surface area contributed by atoms with Crippen LogP contribution in [0.3, 0.4) is 0 Å². The van der Waals surface area contributed by atoms with Crippen molar-refractivity contribution < 1.29 is 8.83 Å². The van der Waals surface area contributed by atoms with Crippen LogP contribution >= 0.6 is 0 Å². The van der Waals surface area contributed by atoms with E-state index in [4.69, 9.17) is 8.83 Å². The summed E-state index contributed by atoms with van der Waals surface area (Å²) in [5, 5.41) is 4.73. The molecule has 2 heteroatoms. The first-order valence-electron chi connectivity index (χ1n) is 12.0. The maximum Gasteiger partial charge on any atom is 0.136 e. The maximum atomic E-state index is 6.31. The molecule has 0 radical (unpaired) electrons. The molecule has 0 aliphatic heterocycles. The van der Waals surface area contributed by atoms with Crippen LogP contribution < -0.4 is 0 Å². The Balaban J connectivity index is 1.57. The first-order chi connectivity index (χ1) is 16.1. The molecule has 6 rings (SSSR count). The molecule has 0 unspecified atom stereocenters. The van der Waals surface area contributed by atoms with Gasteiger partial charge < -0.3 is 8.83 Å². The van der Waals surface area contributed by atoms with Crippen LogP contribution in [0.25, 0.3) is 55.0 Å². The summed E-state index contributed by atoms with van der Waals surface area (Å²) in [6.45, 7) is 13.5. The number of benzene rings is 4. The average molecular weight is 447 g/mol. The molecule has 0 aliphatic rings. The monoisotopic (exact) mass is 446 g/mol. The standard InChI is InChI=1S/C32H30O2/c1-31(2,3)21-12-14-27-24(18-21)22-13-11-19(16-28(22)33-27)20-15-25(32(4,5)6)30-23-9-7-8-10-26(23)34-29(30)17-20/h7-18H,1-6H3. The van der Waals surface area contributed by atoms with E-state index >= 15 is 0 Å². The summed E-state index contributed by atoms with van der Waals surface area (Å²) in [6.07, 6.45) is 0. The van der Waals surface area contributed by atoms with Gasteiger partial charge in [-0.3, -0.25) is 0 Å². The number of fused-ring (bicyclic) bond motifs is 6. The minimum absolute atomic E-state index is 0.0201. The van der Waals surface area contributed by atoms with E-state index in [1.54, 1.807) is 0 Å². The second kappa shape index (κ2) is 6.99. The van der Waals surface area contributed by atoms with Crippen LogP contribution in [0.4, 0.5) is 0 Å². The van der Waals surface area contributed by atoms with Crippen LogP contribution in [0.5, 0.6) is 0 Å². The maximum absolute atomic E-state index is 6.31. The van der Waals surface area contributed by atoms with Crippen molar-refractivity contribution in [1.29, 1.82) is 0 Å². The molecule has 0 N–H and O–H groups in total. The zero-order valence-corrected chi connectivity index (χ0v) is 20.7. The molecule has 34 heavy (non-hydrogen) atoms. The Labute approximate surface area is 200 Å². The Morgan fingerprint density at radius 2 is 1.21 bits per heavy atom. The summed E-state index contributed by atoms with van der Waals surface area (Å²) < 4.78 is 12.6. The fourth-order valence-corrected chi connectivity index (χ4v) is 5.04. The van der Waals surface area contributed by atoms with Crippen LogP contribution in [0.1, 0.15) is 52.7 Å². The first kappa shape index (κ1) is 21.0. The van der Waals surface area contributed by atoms with Gasteiger partial charge in [-0.2, -0.15) is 0 Å². The topological polar surface area (TPSA) is 26.3 Å². The lowest BCUT2D eigenvalue weighted by molar-refractivity contribution is 0.590. The second-order valence-electron chi connectivity index (χ2n) is 11.5. The highest BCUT2D eigenvalue weighted by Crippen LogP contribution is 2.41. The fraction of sp³-hybridized carbons (Fsp3) is 0.250. The van der Waals surface area contributed by atoms with E-state index in [0.717, 1.165) is 38.8 Å².